The van der Waals surface area contributed by atoms with E-state index in [4.69, 9.17) is 5.84 Å². The van der Waals surface area contributed by atoms with Gasteiger partial charge in [0.2, 0.25) is 0 Å². The van der Waals surface area contributed by atoms with Crippen LogP contribution in [0.2, 0.25) is 0 Å². The largest absolute Gasteiger partial charge is 0.361 e. The van der Waals surface area contributed by atoms with Crippen molar-refractivity contribution >= 4 is 23.0 Å². The molecule has 7 heteroatoms. The second-order valence-electron chi connectivity index (χ2n) is 3.81. The third kappa shape index (κ3) is 2.93. The van der Waals surface area contributed by atoms with Crippen LogP contribution in [0.15, 0.2) is 17.6 Å². The second-order valence-corrected chi connectivity index (χ2v) is 4.73. The summed E-state index contributed by atoms with van der Waals surface area (Å²) in [5.74, 6) is 7.38. The van der Waals surface area contributed by atoms with Crippen LogP contribution in [0.3, 0.4) is 0 Å². The van der Waals surface area contributed by atoms with Crippen LogP contribution in [0.25, 0.3) is 0 Å². The van der Waals surface area contributed by atoms with Gasteiger partial charge in [-0.15, -0.1) is 11.3 Å². The average Bonchev–Trinajstić information content (AvgIpc) is 2.89. The molecule has 0 amide bonds. The molecule has 96 valence electrons. The summed E-state index contributed by atoms with van der Waals surface area (Å²) in [5.41, 5.74) is 2.53. The zero-order valence-electron chi connectivity index (χ0n) is 10.3. The number of hydrogen-bond acceptors (Lipinski definition) is 7. The van der Waals surface area contributed by atoms with Crippen molar-refractivity contribution in [3.63, 3.8) is 0 Å². The molecule has 2 heterocycles. The van der Waals surface area contributed by atoms with E-state index in [1.807, 2.05) is 18.5 Å². The summed E-state index contributed by atoms with van der Waals surface area (Å²) < 4.78 is 0. The van der Waals surface area contributed by atoms with Crippen molar-refractivity contribution in [2.24, 2.45) is 5.84 Å². The molecular formula is C11H16N6S. The van der Waals surface area contributed by atoms with Crippen LogP contribution in [-0.2, 0) is 0 Å². The lowest BCUT2D eigenvalue weighted by Gasteiger charge is -2.15. The minimum Gasteiger partial charge on any atom is -0.361 e. The van der Waals surface area contributed by atoms with Crippen LogP contribution in [0.1, 0.15) is 30.2 Å². The van der Waals surface area contributed by atoms with E-state index in [0.717, 1.165) is 17.2 Å². The summed E-state index contributed by atoms with van der Waals surface area (Å²) in [5, 5.41) is 6.37. The van der Waals surface area contributed by atoms with Crippen LogP contribution in [-0.4, -0.2) is 15.0 Å². The molecule has 2 rings (SSSR count). The highest BCUT2D eigenvalue weighted by molar-refractivity contribution is 7.09. The first-order valence-electron chi connectivity index (χ1n) is 5.71. The van der Waals surface area contributed by atoms with Gasteiger partial charge in [-0.2, -0.15) is 0 Å². The molecule has 0 aromatic carbocycles. The SMILES string of the molecule is CCC(Nc1cc(NN)nc(C)n1)c1nccs1. The molecule has 18 heavy (non-hydrogen) atoms. The van der Waals surface area contributed by atoms with Crippen molar-refractivity contribution in [3.05, 3.63) is 28.5 Å². The first-order chi connectivity index (χ1) is 8.72. The van der Waals surface area contributed by atoms with Crippen molar-refractivity contribution in [2.75, 3.05) is 10.7 Å². The van der Waals surface area contributed by atoms with Crippen LogP contribution in [0, 0.1) is 6.92 Å². The average molecular weight is 264 g/mol. The van der Waals surface area contributed by atoms with Crippen LogP contribution >= 0.6 is 11.3 Å². The summed E-state index contributed by atoms with van der Waals surface area (Å²) in [4.78, 5) is 12.8. The molecule has 4 N–H and O–H groups in total. The normalized spacial score (nSPS) is 12.2. The Balaban J connectivity index is 2.19. The minimum absolute atomic E-state index is 0.157. The zero-order chi connectivity index (χ0) is 13.0. The first-order valence-corrected chi connectivity index (χ1v) is 6.59. The Morgan fingerprint density at radius 1 is 1.39 bits per heavy atom. The maximum Gasteiger partial charge on any atom is 0.145 e. The molecule has 1 atom stereocenters. The molecule has 0 spiro atoms. The maximum absolute atomic E-state index is 5.37. The fraction of sp³-hybridized carbons (Fsp3) is 0.364. The van der Waals surface area contributed by atoms with Gasteiger partial charge < -0.3 is 10.7 Å². The number of anilines is 2. The highest BCUT2D eigenvalue weighted by Crippen LogP contribution is 2.23. The monoisotopic (exact) mass is 264 g/mol. The number of hydrazine groups is 1. The highest BCUT2D eigenvalue weighted by atomic mass is 32.1. The van der Waals surface area contributed by atoms with Crippen LogP contribution in [0.4, 0.5) is 11.6 Å². The van der Waals surface area contributed by atoms with Gasteiger partial charge in [0.15, 0.2) is 0 Å². The van der Waals surface area contributed by atoms with Crippen molar-refractivity contribution in [1.29, 1.82) is 0 Å². The number of hydrogen-bond donors (Lipinski definition) is 3. The number of nitrogens with zero attached hydrogens (tertiary/aromatic N) is 3. The molecule has 0 aliphatic carbocycles. The van der Waals surface area contributed by atoms with E-state index in [9.17, 15) is 0 Å². The fourth-order valence-electron chi connectivity index (χ4n) is 1.64. The highest BCUT2D eigenvalue weighted by Gasteiger charge is 2.13. The van der Waals surface area contributed by atoms with Gasteiger partial charge in [-0.3, -0.25) is 0 Å². The lowest BCUT2D eigenvalue weighted by Crippen LogP contribution is -2.14. The summed E-state index contributed by atoms with van der Waals surface area (Å²) in [6, 6.07) is 1.94. The number of aromatic nitrogens is 3. The smallest absolute Gasteiger partial charge is 0.145 e. The molecule has 0 bridgehead atoms. The van der Waals surface area contributed by atoms with Crippen LogP contribution in [0.5, 0.6) is 0 Å². The summed E-state index contributed by atoms with van der Waals surface area (Å²) in [6.07, 6.45) is 2.74. The Morgan fingerprint density at radius 3 is 2.78 bits per heavy atom. The first kappa shape index (κ1) is 12.7. The van der Waals surface area contributed by atoms with E-state index in [1.165, 1.54) is 0 Å². The molecule has 2 aromatic heterocycles. The minimum atomic E-state index is 0.157. The van der Waals surface area contributed by atoms with Gasteiger partial charge in [0.05, 0.1) is 6.04 Å². The quantitative estimate of drug-likeness (QED) is 0.566. The predicted octanol–water partition coefficient (Wildman–Crippen LogP) is 2.09. The fourth-order valence-corrected chi connectivity index (χ4v) is 2.41. The molecule has 0 aliphatic heterocycles. The molecule has 0 saturated carbocycles. The number of thiazole rings is 1. The number of aryl methyl sites for hydroxylation is 1. The van der Waals surface area contributed by atoms with Crippen molar-refractivity contribution in [2.45, 2.75) is 26.3 Å². The summed E-state index contributed by atoms with van der Waals surface area (Å²) in [7, 11) is 0. The standard InChI is InChI=1S/C11H16N6S/c1-3-8(11-13-4-5-18-11)16-9-6-10(17-12)15-7(2)14-9/h4-6,8H,3,12H2,1-2H3,(H2,14,15,16,17). The Labute approximate surface area is 110 Å². The number of nitrogens with two attached hydrogens (primary N) is 1. The van der Waals surface area contributed by atoms with Crippen molar-refractivity contribution in [3.8, 4) is 0 Å². The van der Waals surface area contributed by atoms with Gasteiger partial charge in [-0.05, 0) is 13.3 Å². The van der Waals surface area contributed by atoms with E-state index in [1.54, 1.807) is 17.4 Å². The molecule has 0 radical (unpaired) electrons. The van der Waals surface area contributed by atoms with Gasteiger partial charge in [-0.25, -0.2) is 20.8 Å². The molecule has 0 aliphatic rings. The van der Waals surface area contributed by atoms with Crippen molar-refractivity contribution in [1.82, 2.24) is 15.0 Å². The zero-order valence-corrected chi connectivity index (χ0v) is 11.2. The van der Waals surface area contributed by atoms with Gasteiger partial charge in [0, 0.05) is 17.6 Å². The van der Waals surface area contributed by atoms with Crippen molar-refractivity contribution < 1.29 is 0 Å². The predicted molar refractivity (Wildman–Crippen MR) is 73.3 cm³/mol. The lowest BCUT2D eigenvalue weighted by atomic mass is 10.2. The Hall–Kier alpha value is -1.73. The van der Waals surface area contributed by atoms with E-state index in [-0.39, 0.29) is 6.04 Å². The summed E-state index contributed by atoms with van der Waals surface area (Å²) >= 11 is 1.63. The molecule has 0 saturated heterocycles. The van der Waals surface area contributed by atoms with E-state index < -0.39 is 0 Å². The van der Waals surface area contributed by atoms with Crippen LogP contribution < -0.4 is 16.6 Å². The van der Waals surface area contributed by atoms with E-state index in [0.29, 0.717) is 11.6 Å². The van der Waals surface area contributed by atoms with E-state index >= 15 is 0 Å². The molecular weight excluding hydrogens is 248 g/mol. The van der Waals surface area contributed by atoms with E-state index in [2.05, 4.69) is 32.6 Å². The van der Waals surface area contributed by atoms with Gasteiger partial charge in [0.25, 0.3) is 0 Å². The maximum atomic E-state index is 5.37. The lowest BCUT2D eigenvalue weighted by molar-refractivity contribution is 0.736. The third-order valence-electron chi connectivity index (χ3n) is 2.47. The Kier molecular flexibility index (Phi) is 4.06. The molecule has 2 aromatic rings. The third-order valence-corrected chi connectivity index (χ3v) is 3.35. The van der Waals surface area contributed by atoms with Gasteiger partial charge in [0.1, 0.15) is 22.5 Å². The Morgan fingerprint density at radius 2 is 2.17 bits per heavy atom. The number of nitrogen functional groups attached to an aromatic ring is 1. The molecule has 0 fully saturated rings. The summed E-state index contributed by atoms with van der Waals surface area (Å²) in [6.45, 7) is 3.94. The number of rotatable bonds is 5. The van der Waals surface area contributed by atoms with Gasteiger partial charge >= 0.3 is 0 Å². The topological polar surface area (TPSA) is 88.8 Å². The number of nitrogens with one attached hydrogen (secondary N) is 2. The second kappa shape index (κ2) is 5.74. The molecule has 1 unspecified atom stereocenters. The molecule has 6 nitrogen and oxygen atoms in total. The Bertz CT molecular complexity index is 498. The van der Waals surface area contributed by atoms with Gasteiger partial charge in [-0.1, -0.05) is 6.92 Å².